The average molecular weight is 220 g/mol. The maximum absolute atomic E-state index is 10.5. The highest BCUT2D eigenvalue weighted by Crippen LogP contribution is 2.09. The van der Waals surface area contributed by atoms with Crippen molar-refractivity contribution < 1.29 is 9.90 Å². The zero-order valence-corrected chi connectivity index (χ0v) is 9.47. The number of hydrogen-bond donors (Lipinski definition) is 2. The standard InChI is InChI=1S/C12H16N2O2/c1-9(12(15)16)3-8-14-10(2)11-4-6-13-7-5-11/h3-7,10,14H,8H2,1-2H3,(H,15,16)/b9-3-/t10-/m0/s1. The van der Waals surface area contributed by atoms with Gasteiger partial charge in [0.25, 0.3) is 0 Å². The van der Waals surface area contributed by atoms with Gasteiger partial charge in [-0.3, -0.25) is 4.98 Å². The number of nitrogens with one attached hydrogen (secondary N) is 1. The van der Waals surface area contributed by atoms with E-state index in [2.05, 4.69) is 10.3 Å². The zero-order chi connectivity index (χ0) is 12.0. The van der Waals surface area contributed by atoms with Crippen LogP contribution in [0.5, 0.6) is 0 Å². The molecule has 0 unspecified atom stereocenters. The van der Waals surface area contributed by atoms with E-state index in [0.29, 0.717) is 12.1 Å². The van der Waals surface area contributed by atoms with E-state index in [1.165, 1.54) is 0 Å². The second-order valence-corrected chi connectivity index (χ2v) is 3.60. The first kappa shape index (κ1) is 12.4. The molecule has 16 heavy (non-hydrogen) atoms. The quantitative estimate of drug-likeness (QED) is 0.742. The monoisotopic (exact) mass is 220 g/mol. The normalized spacial score (nSPS) is 13.5. The molecule has 1 rings (SSSR count). The number of carbonyl (C=O) groups is 1. The highest BCUT2D eigenvalue weighted by atomic mass is 16.4. The van der Waals surface area contributed by atoms with Crippen molar-refractivity contribution >= 4 is 5.97 Å². The summed E-state index contributed by atoms with van der Waals surface area (Å²) in [6, 6.07) is 4.05. The number of pyridine rings is 1. The summed E-state index contributed by atoms with van der Waals surface area (Å²) >= 11 is 0. The Morgan fingerprint density at radius 1 is 1.56 bits per heavy atom. The van der Waals surface area contributed by atoms with Crippen molar-refractivity contribution in [3.05, 3.63) is 41.7 Å². The van der Waals surface area contributed by atoms with Crippen LogP contribution in [0.1, 0.15) is 25.5 Å². The average Bonchev–Trinajstić information content (AvgIpc) is 2.29. The second-order valence-electron chi connectivity index (χ2n) is 3.60. The van der Waals surface area contributed by atoms with Crippen molar-refractivity contribution in [1.29, 1.82) is 0 Å². The van der Waals surface area contributed by atoms with Gasteiger partial charge in [-0.15, -0.1) is 0 Å². The summed E-state index contributed by atoms with van der Waals surface area (Å²) in [4.78, 5) is 14.5. The Labute approximate surface area is 95.0 Å². The van der Waals surface area contributed by atoms with Gasteiger partial charge >= 0.3 is 5.97 Å². The first-order chi connectivity index (χ1) is 7.61. The van der Waals surface area contributed by atoms with Crippen LogP contribution in [-0.4, -0.2) is 22.6 Å². The maximum Gasteiger partial charge on any atom is 0.330 e. The van der Waals surface area contributed by atoms with Gasteiger partial charge in [-0.2, -0.15) is 0 Å². The molecule has 4 heteroatoms. The molecule has 1 atom stereocenters. The van der Waals surface area contributed by atoms with Gasteiger partial charge in [0, 0.05) is 30.6 Å². The number of carboxylic acid groups (broad SMARTS) is 1. The van der Waals surface area contributed by atoms with Crippen molar-refractivity contribution in [2.75, 3.05) is 6.54 Å². The molecule has 1 aromatic rings. The summed E-state index contributed by atoms with van der Waals surface area (Å²) in [6.07, 6.45) is 5.15. The molecular weight excluding hydrogens is 204 g/mol. The van der Waals surface area contributed by atoms with Crippen LogP contribution in [0.2, 0.25) is 0 Å². The summed E-state index contributed by atoms with van der Waals surface area (Å²) in [6.45, 7) is 4.15. The molecule has 0 spiro atoms. The lowest BCUT2D eigenvalue weighted by Gasteiger charge is -2.12. The Hall–Kier alpha value is -1.68. The van der Waals surface area contributed by atoms with Crippen molar-refractivity contribution in [1.82, 2.24) is 10.3 Å². The summed E-state index contributed by atoms with van der Waals surface area (Å²) in [5.41, 5.74) is 1.49. The molecule has 2 N–H and O–H groups in total. The zero-order valence-electron chi connectivity index (χ0n) is 9.47. The fourth-order valence-corrected chi connectivity index (χ4v) is 1.25. The van der Waals surface area contributed by atoms with E-state index in [4.69, 9.17) is 5.11 Å². The third kappa shape index (κ3) is 3.82. The van der Waals surface area contributed by atoms with Crippen LogP contribution in [0.15, 0.2) is 36.2 Å². The molecule has 0 amide bonds. The molecule has 0 fully saturated rings. The maximum atomic E-state index is 10.5. The third-order valence-electron chi connectivity index (χ3n) is 2.38. The van der Waals surface area contributed by atoms with Crippen LogP contribution in [0.4, 0.5) is 0 Å². The molecule has 0 aliphatic rings. The second kappa shape index (κ2) is 6.02. The fraction of sp³-hybridized carbons (Fsp3) is 0.333. The highest BCUT2D eigenvalue weighted by Gasteiger charge is 2.03. The summed E-state index contributed by atoms with van der Waals surface area (Å²) in [5, 5.41) is 11.9. The molecule has 0 aliphatic carbocycles. The van der Waals surface area contributed by atoms with Gasteiger partial charge in [0.15, 0.2) is 0 Å². The van der Waals surface area contributed by atoms with Crippen LogP contribution in [0.3, 0.4) is 0 Å². The van der Waals surface area contributed by atoms with E-state index in [1.54, 1.807) is 25.4 Å². The predicted molar refractivity (Wildman–Crippen MR) is 62.0 cm³/mol. The van der Waals surface area contributed by atoms with Crippen LogP contribution >= 0.6 is 0 Å². The summed E-state index contributed by atoms with van der Waals surface area (Å²) in [5.74, 6) is -0.877. The van der Waals surface area contributed by atoms with Gasteiger partial charge in [0.2, 0.25) is 0 Å². The van der Waals surface area contributed by atoms with Crippen LogP contribution in [-0.2, 0) is 4.79 Å². The molecule has 0 radical (unpaired) electrons. The molecule has 0 bridgehead atoms. The SMILES string of the molecule is C/C(=C/CN[C@@H](C)c1ccncc1)C(=O)O. The number of nitrogens with zero attached hydrogens (tertiary/aromatic N) is 1. The van der Waals surface area contributed by atoms with Gasteiger partial charge < -0.3 is 10.4 Å². The molecule has 0 aromatic carbocycles. The molecule has 1 aromatic heterocycles. The van der Waals surface area contributed by atoms with E-state index in [9.17, 15) is 4.79 Å². The fourth-order valence-electron chi connectivity index (χ4n) is 1.25. The van der Waals surface area contributed by atoms with Gasteiger partial charge in [0.1, 0.15) is 0 Å². The lowest BCUT2D eigenvalue weighted by molar-refractivity contribution is -0.132. The van der Waals surface area contributed by atoms with Crippen molar-refractivity contribution in [2.45, 2.75) is 19.9 Å². The predicted octanol–water partition coefficient (Wildman–Crippen LogP) is 1.76. The van der Waals surface area contributed by atoms with E-state index >= 15 is 0 Å². The number of aromatic nitrogens is 1. The van der Waals surface area contributed by atoms with Gasteiger partial charge in [-0.25, -0.2) is 4.79 Å². The lowest BCUT2D eigenvalue weighted by atomic mass is 10.1. The van der Waals surface area contributed by atoms with E-state index in [0.717, 1.165) is 5.56 Å². The minimum Gasteiger partial charge on any atom is -0.478 e. The van der Waals surface area contributed by atoms with Gasteiger partial charge in [0.05, 0.1) is 0 Å². The molecule has 0 aliphatic heterocycles. The smallest absolute Gasteiger partial charge is 0.330 e. The van der Waals surface area contributed by atoms with Gasteiger partial charge in [-0.05, 0) is 31.5 Å². The Morgan fingerprint density at radius 2 is 2.19 bits per heavy atom. The van der Waals surface area contributed by atoms with Gasteiger partial charge in [-0.1, -0.05) is 6.08 Å². The first-order valence-corrected chi connectivity index (χ1v) is 5.14. The minimum absolute atomic E-state index is 0.181. The van der Waals surface area contributed by atoms with Crippen molar-refractivity contribution in [3.63, 3.8) is 0 Å². The lowest BCUT2D eigenvalue weighted by Crippen LogP contribution is -2.19. The molecule has 86 valence electrons. The number of aliphatic carboxylic acids is 1. The first-order valence-electron chi connectivity index (χ1n) is 5.14. The number of hydrogen-bond acceptors (Lipinski definition) is 3. The minimum atomic E-state index is -0.877. The summed E-state index contributed by atoms with van der Waals surface area (Å²) in [7, 11) is 0. The van der Waals surface area contributed by atoms with E-state index in [1.807, 2.05) is 19.1 Å². The number of rotatable bonds is 5. The Bertz CT molecular complexity index is 374. The Kier molecular flexibility index (Phi) is 4.66. The molecule has 4 nitrogen and oxygen atoms in total. The highest BCUT2D eigenvalue weighted by molar-refractivity contribution is 5.85. The van der Waals surface area contributed by atoms with Crippen LogP contribution in [0, 0.1) is 0 Å². The largest absolute Gasteiger partial charge is 0.478 e. The molecule has 1 heterocycles. The Morgan fingerprint density at radius 3 is 2.75 bits per heavy atom. The third-order valence-corrected chi connectivity index (χ3v) is 2.38. The molecule has 0 saturated carbocycles. The van der Waals surface area contributed by atoms with Crippen molar-refractivity contribution in [3.8, 4) is 0 Å². The molecule has 0 saturated heterocycles. The van der Waals surface area contributed by atoms with Crippen molar-refractivity contribution in [2.24, 2.45) is 0 Å². The topological polar surface area (TPSA) is 62.2 Å². The summed E-state index contributed by atoms with van der Waals surface area (Å²) < 4.78 is 0. The van der Waals surface area contributed by atoms with E-state index in [-0.39, 0.29) is 6.04 Å². The van der Waals surface area contributed by atoms with Crippen LogP contribution in [0.25, 0.3) is 0 Å². The Balaban J connectivity index is 2.45. The number of carboxylic acids is 1. The van der Waals surface area contributed by atoms with E-state index < -0.39 is 5.97 Å². The van der Waals surface area contributed by atoms with Crippen LogP contribution < -0.4 is 5.32 Å². The molecular formula is C12H16N2O2.